The van der Waals surface area contributed by atoms with E-state index in [-0.39, 0.29) is 0 Å². The number of hydrogen-bond donors (Lipinski definition) is 0. The molecule has 1 heterocycles. The van der Waals surface area contributed by atoms with Crippen LogP contribution in [0.25, 0.3) is 0 Å². The zero-order valence-corrected chi connectivity index (χ0v) is 7.72. The Morgan fingerprint density at radius 1 is 1.45 bits per heavy atom. The lowest BCUT2D eigenvalue weighted by Gasteiger charge is -2.25. The predicted molar refractivity (Wildman–Crippen MR) is 52.0 cm³/mol. The lowest BCUT2D eigenvalue weighted by molar-refractivity contribution is 0.635. The van der Waals surface area contributed by atoms with Crippen molar-refractivity contribution in [3.05, 3.63) is 23.8 Å². The van der Waals surface area contributed by atoms with Crippen LogP contribution in [0, 0.1) is 0 Å². The van der Waals surface area contributed by atoms with Crippen LogP contribution in [0.1, 0.15) is 6.92 Å². The molecular formula is C9H16BN. The van der Waals surface area contributed by atoms with Gasteiger partial charge in [-0.2, -0.15) is 0 Å². The van der Waals surface area contributed by atoms with Crippen LogP contribution in [-0.2, 0) is 0 Å². The average Bonchev–Trinajstić information content (AvgIpc) is 1.85. The second kappa shape index (κ2) is 3.27. The van der Waals surface area contributed by atoms with E-state index in [1.807, 2.05) is 0 Å². The summed E-state index contributed by atoms with van der Waals surface area (Å²) in [5, 5.41) is 0. The zero-order valence-electron chi connectivity index (χ0n) is 7.72. The third kappa shape index (κ3) is 2.23. The van der Waals surface area contributed by atoms with Gasteiger partial charge >= 0.3 is 0 Å². The SMILES string of the molecule is C=C1C=C(C)CB(N(C)C)C1. The molecule has 0 aromatic carbocycles. The summed E-state index contributed by atoms with van der Waals surface area (Å²) < 4.78 is 0. The Morgan fingerprint density at radius 3 is 2.55 bits per heavy atom. The highest BCUT2D eigenvalue weighted by molar-refractivity contribution is 6.57. The molecule has 0 aromatic rings. The van der Waals surface area contributed by atoms with Crippen LogP contribution in [0.3, 0.4) is 0 Å². The van der Waals surface area contributed by atoms with E-state index in [0.29, 0.717) is 6.85 Å². The Labute approximate surface area is 69.9 Å². The summed E-state index contributed by atoms with van der Waals surface area (Å²) in [6.07, 6.45) is 4.54. The fourth-order valence-electron chi connectivity index (χ4n) is 1.58. The summed E-state index contributed by atoms with van der Waals surface area (Å²) in [6, 6.07) is 0. The van der Waals surface area contributed by atoms with Crippen LogP contribution in [0.15, 0.2) is 23.8 Å². The quantitative estimate of drug-likeness (QED) is 0.515. The Morgan fingerprint density at radius 2 is 2.09 bits per heavy atom. The summed E-state index contributed by atoms with van der Waals surface area (Å²) in [6.45, 7) is 6.85. The molecule has 0 radical (unpaired) electrons. The summed E-state index contributed by atoms with van der Waals surface area (Å²) in [4.78, 5) is 2.28. The van der Waals surface area contributed by atoms with Gasteiger partial charge in [-0.3, -0.25) is 0 Å². The van der Waals surface area contributed by atoms with E-state index in [1.165, 1.54) is 17.5 Å². The normalized spacial score (nSPS) is 19.1. The third-order valence-corrected chi connectivity index (χ3v) is 2.24. The van der Waals surface area contributed by atoms with Crippen LogP contribution in [0.5, 0.6) is 0 Å². The molecule has 0 aliphatic carbocycles. The van der Waals surface area contributed by atoms with Crippen molar-refractivity contribution in [3.63, 3.8) is 0 Å². The Kier molecular flexibility index (Phi) is 2.55. The van der Waals surface area contributed by atoms with Crippen molar-refractivity contribution in [1.82, 2.24) is 4.81 Å². The minimum atomic E-state index is 0.674. The van der Waals surface area contributed by atoms with E-state index >= 15 is 0 Å². The van der Waals surface area contributed by atoms with Crippen molar-refractivity contribution < 1.29 is 0 Å². The van der Waals surface area contributed by atoms with Gasteiger partial charge in [-0.1, -0.05) is 23.8 Å². The molecule has 0 N–H and O–H groups in total. The fourth-order valence-corrected chi connectivity index (χ4v) is 1.58. The monoisotopic (exact) mass is 149 g/mol. The number of rotatable bonds is 1. The molecule has 0 saturated carbocycles. The van der Waals surface area contributed by atoms with Gasteiger partial charge in [-0.15, -0.1) is 0 Å². The van der Waals surface area contributed by atoms with Crippen molar-refractivity contribution >= 4 is 6.85 Å². The smallest absolute Gasteiger partial charge is 0.231 e. The standard InChI is InChI=1S/C9H16BN/c1-8-5-9(2)7-10(6-8)11(3)4/h5H,1,6-7H2,2-4H3. The van der Waals surface area contributed by atoms with Crippen LogP contribution < -0.4 is 0 Å². The maximum Gasteiger partial charge on any atom is 0.231 e. The molecule has 0 bridgehead atoms. The first-order valence-corrected chi connectivity index (χ1v) is 4.11. The minimum absolute atomic E-state index is 0.674. The second-order valence-corrected chi connectivity index (χ2v) is 3.67. The van der Waals surface area contributed by atoms with Crippen molar-refractivity contribution in [1.29, 1.82) is 0 Å². The highest BCUT2D eigenvalue weighted by Crippen LogP contribution is 2.22. The molecule has 11 heavy (non-hydrogen) atoms. The summed E-state index contributed by atoms with van der Waals surface area (Å²) in [7, 11) is 4.27. The van der Waals surface area contributed by atoms with Crippen molar-refractivity contribution in [2.45, 2.75) is 19.6 Å². The predicted octanol–water partition coefficient (Wildman–Crippen LogP) is 2.06. The number of nitrogens with zero attached hydrogens (tertiary/aromatic N) is 1. The van der Waals surface area contributed by atoms with Gasteiger partial charge in [0.2, 0.25) is 6.85 Å². The molecule has 1 aliphatic heterocycles. The first-order chi connectivity index (χ1) is 5.09. The molecule has 0 unspecified atom stereocenters. The zero-order chi connectivity index (χ0) is 8.43. The Balaban J connectivity index is 2.64. The summed E-state index contributed by atoms with van der Waals surface area (Å²) >= 11 is 0. The number of allylic oxidation sites excluding steroid dienone is 3. The van der Waals surface area contributed by atoms with Gasteiger partial charge in [0.15, 0.2) is 0 Å². The van der Waals surface area contributed by atoms with E-state index in [2.05, 4.69) is 38.5 Å². The topological polar surface area (TPSA) is 3.24 Å². The van der Waals surface area contributed by atoms with E-state index in [9.17, 15) is 0 Å². The van der Waals surface area contributed by atoms with E-state index < -0.39 is 0 Å². The number of hydrogen-bond acceptors (Lipinski definition) is 1. The molecule has 2 heteroatoms. The van der Waals surface area contributed by atoms with Gasteiger partial charge in [0, 0.05) is 0 Å². The first kappa shape index (κ1) is 8.60. The van der Waals surface area contributed by atoms with E-state index in [0.717, 1.165) is 6.32 Å². The van der Waals surface area contributed by atoms with Crippen molar-refractivity contribution in [2.24, 2.45) is 0 Å². The van der Waals surface area contributed by atoms with Crippen molar-refractivity contribution in [3.8, 4) is 0 Å². The van der Waals surface area contributed by atoms with Gasteiger partial charge in [0.05, 0.1) is 0 Å². The second-order valence-electron chi connectivity index (χ2n) is 3.67. The lowest BCUT2D eigenvalue weighted by Crippen LogP contribution is -2.34. The Bertz CT molecular complexity index is 194. The molecule has 0 spiro atoms. The van der Waals surface area contributed by atoms with Crippen molar-refractivity contribution in [2.75, 3.05) is 14.1 Å². The molecule has 0 atom stereocenters. The fraction of sp³-hybridized carbons (Fsp3) is 0.556. The minimum Gasteiger partial charge on any atom is -0.347 e. The van der Waals surface area contributed by atoms with Crippen LogP contribution >= 0.6 is 0 Å². The molecular weight excluding hydrogens is 133 g/mol. The highest BCUT2D eigenvalue weighted by Gasteiger charge is 2.21. The Hall–Kier alpha value is -0.495. The van der Waals surface area contributed by atoms with Crippen LogP contribution in [-0.4, -0.2) is 25.8 Å². The molecule has 1 rings (SSSR count). The highest BCUT2D eigenvalue weighted by atomic mass is 15.0. The average molecular weight is 149 g/mol. The summed E-state index contributed by atoms with van der Waals surface area (Å²) in [5.74, 6) is 0. The van der Waals surface area contributed by atoms with Gasteiger partial charge in [0.25, 0.3) is 0 Å². The molecule has 0 aromatic heterocycles. The van der Waals surface area contributed by atoms with Gasteiger partial charge in [0.1, 0.15) is 0 Å². The molecule has 0 fully saturated rings. The molecule has 1 nitrogen and oxygen atoms in total. The van der Waals surface area contributed by atoms with Gasteiger partial charge < -0.3 is 4.81 Å². The van der Waals surface area contributed by atoms with Crippen LogP contribution in [0.4, 0.5) is 0 Å². The maximum absolute atomic E-state index is 3.99. The van der Waals surface area contributed by atoms with E-state index in [4.69, 9.17) is 0 Å². The van der Waals surface area contributed by atoms with Gasteiger partial charge in [-0.05, 0) is 33.7 Å². The maximum atomic E-state index is 3.99. The molecule has 1 aliphatic rings. The molecule has 0 amide bonds. The van der Waals surface area contributed by atoms with Crippen LogP contribution in [0.2, 0.25) is 12.6 Å². The lowest BCUT2D eigenvalue weighted by atomic mass is 9.50. The van der Waals surface area contributed by atoms with Gasteiger partial charge in [-0.25, -0.2) is 0 Å². The summed E-state index contributed by atoms with van der Waals surface area (Å²) in [5.41, 5.74) is 2.73. The largest absolute Gasteiger partial charge is 0.347 e. The van der Waals surface area contributed by atoms with E-state index in [1.54, 1.807) is 0 Å². The third-order valence-electron chi connectivity index (χ3n) is 2.24. The molecule has 60 valence electrons. The molecule has 0 saturated heterocycles. The first-order valence-electron chi connectivity index (χ1n) is 4.11.